The highest BCUT2D eigenvalue weighted by molar-refractivity contribution is 7.12. The molecule has 6 heteroatoms. The van der Waals surface area contributed by atoms with Crippen LogP contribution < -0.4 is 5.32 Å². The van der Waals surface area contributed by atoms with Gasteiger partial charge in [-0.25, -0.2) is 0 Å². The molecule has 0 saturated carbocycles. The summed E-state index contributed by atoms with van der Waals surface area (Å²) >= 11 is 1.37. The van der Waals surface area contributed by atoms with Crippen LogP contribution in [0, 0.1) is 11.8 Å². The lowest BCUT2D eigenvalue weighted by Crippen LogP contribution is -2.49. The molecule has 1 spiro atoms. The number of anilines is 1. The van der Waals surface area contributed by atoms with E-state index in [1.165, 1.54) is 11.3 Å². The molecule has 1 aromatic heterocycles. The summed E-state index contributed by atoms with van der Waals surface area (Å²) in [6, 6.07) is 25.6. The Morgan fingerprint density at radius 1 is 0.927 bits per heavy atom. The number of carbonyl (C=O) groups excluding carboxylic acids is 3. The maximum absolute atomic E-state index is 14.9. The van der Waals surface area contributed by atoms with Crippen molar-refractivity contribution in [3.8, 4) is 0 Å². The molecular weight excluding hydrogens is 528 g/mol. The molecule has 0 radical (unpaired) electrons. The molecule has 3 aromatic carbocycles. The molecule has 1 N–H and O–H groups in total. The Bertz CT molecular complexity index is 1710. The predicted octanol–water partition coefficient (Wildman–Crippen LogP) is 6.93. The van der Waals surface area contributed by atoms with E-state index in [0.717, 1.165) is 28.7 Å². The Kier molecular flexibility index (Phi) is 6.05. The van der Waals surface area contributed by atoms with Gasteiger partial charge in [0, 0.05) is 17.5 Å². The van der Waals surface area contributed by atoms with Crippen molar-refractivity contribution in [2.75, 3.05) is 5.32 Å². The Labute approximate surface area is 243 Å². The topological polar surface area (TPSA) is 66.5 Å². The zero-order valence-electron chi connectivity index (χ0n) is 22.9. The Hall–Kier alpha value is -4.29. The number of benzene rings is 3. The molecule has 1 saturated heterocycles. The van der Waals surface area contributed by atoms with Crippen LogP contribution in [0.25, 0.3) is 6.08 Å². The molecule has 3 aliphatic heterocycles. The first-order chi connectivity index (χ1) is 19.9. The fourth-order valence-corrected chi connectivity index (χ4v) is 7.89. The summed E-state index contributed by atoms with van der Waals surface area (Å²) in [5.74, 6) is -1.03. The number of nitrogens with one attached hydrogen (secondary N) is 1. The van der Waals surface area contributed by atoms with E-state index in [1.54, 1.807) is 6.07 Å². The molecule has 0 bridgehead atoms. The van der Waals surface area contributed by atoms with Crippen molar-refractivity contribution in [3.63, 3.8) is 0 Å². The molecule has 4 atom stereocenters. The normalized spacial score (nSPS) is 23.8. The van der Waals surface area contributed by atoms with Crippen molar-refractivity contribution in [2.45, 2.75) is 37.8 Å². The summed E-state index contributed by atoms with van der Waals surface area (Å²) in [6.45, 7) is 4.33. The second kappa shape index (κ2) is 9.67. The lowest BCUT2D eigenvalue weighted by atomic mass is 9.62. The molecule has 7 rings (SSSR count). The smallest absolute Gasteiger partial charge is 0.238 e. The molecule has 1 fully saturated rings. The number of rotatable bonds is 6. The number of hydrogen-bond acceptors (Lipinski definition) is 5. The van der Waals surface area contributed by atoms with Gasteiger partial charge in [-0.15, -0.1) is 11.3 Å². The second-order valence-corrected chi connectivity index (χ2v) is 12.5. The number of nitrogens with zero attached hydrogens (tertiary/aromatic N) is 1. The first-order valence-electron chi connectivity index (χ1n) is 14.1. The zero-order valence-corrected chi connectivity index (χ0v) is 23.7. The molecule has 3 aliphatic rings. The minimum Gasteiger partial charge on any atom is -0.358 e. The van der Waals surface area contributed by atoms with E-state index in [4.69, 9.17) is 0 Å². The van der Waals surface area contributed by atoms with Crippen LogP contribution in [0.5, 0.6) is 0 Å². The van der Waals surface area contributed by atoms with E-state index >= 15 is 0 Å². The molecule has 4 heterocycles. The van der Waals surface area contributed by atoms with Crippen LogP contribution in [-0.4, -0.2) is 28.4 Å². The van der Waals surface area contributed by atoms with E-state index in [1.807, 2.05) is 101 Å². The van der Waals surface area contributed by atoms with Crippen molar-refractivity contribution in [1.82, 2.24) is 4.90 Å². The van der Waals surface area contributed by atoms with Gasteiger partial charge in [0.1, 0.15) is 11.5 Å². The van der Waals surface area contributed by atoms with Gasteiger partial charge in [-0.05, 0) is 58.2 Å². The van der Waals surface area contributed by atoms with Gasteiger partial charge in [0.05, 0.1) is 16.8 Å². The molecule has 4 aromatic rings. The second-order valence-electron chi connectivity index (χ2n) is 11.6. The number of thiophene rings is 1. The summed E-state index contributed by atoms with van der Waals surface area (Å²) in [6.07, 6.45) is 4.81. The van der Waals surface area contributed by atoms with E-state index in [0.29, 0.717) is 22.0 Å². The van der Waals surface area contributed by atoms with Crippen LogP contribution in [0.15, 0.2) is 96.5 Å². The Morgan fingerprint density at radius 2 is 1.68 bits per heavy atom. The average molecular weight is 559 g/mol. The van der Waals surface area contributed by atoms with Crippen molar-refractivity contribution in [2.24, 2.45) is 11.8 Å². The van der Waals surface area contributed by atoms with E-state index in [2.05, 4.69) is 19.2 Å². The summed E-state index contributed by atoms with van der Waals surface area (Å²) in [4.78, 5) is 46.3. The van der Waals surface area contributed by atoms with Crippen LogP contribution in [0.2, 0.25) is 0 Å². The standard InChI is InChI=1S/C35H30N2O3S/c1-21(2)20-22-13-15-24(16-14-22)31(38)29-30(32(39)28-12-7-19-41-28)37-18-17-23-8-3-4-9-25(23)33(37)35(29)26-10-5-6-11-27(26)36-34(35)40/h3-19,21,29-30,33H,20H2,1-2H3,(H,36,40). The minimum absolute atomic E-state index is 0.141. The van der Waals surface area contributed by atoms with Crippen LogP contribution >= 0.6 is 11.3 Å². The van der Waals surface area contributed by atoms with Gasteiger partial charge in [-0.2, -0.15) is 0 Å². The highest BCUT2D eigenvalue weighted by atomic mass is 32.1. The quantitative estimate of drug-likeness (QED) is 0.261. The molecular formula is C35H30N2O3S. The third kappa shape index (κ3) is 3.77. The highest BCUT2D eigenvalue weighted by Crippen LogP contribution is 2.62. The van der Waals surface area contributed by atoms with Crippen molar-refractivity contribution in [1.29, 1.82) is 0 Å². The summed E-state index contributed by atoms with van der Waals surface area (Å²) in [5.41, 5.74) is 3.75. The van der Waals surface area contributed by atoms with Gasteiger partial charge in [0.15, 0.2) is 11.6 Å². The molecule has 0 aliphatic carbocycles. The lowest BCUT2D eigenvalue weighted by Gasteiger charge is -2.38. The number of para-hydroxylation sites is 1. The van der Waals surface area contributed by atoms with Crippen LogP contribution in [0.1, 0.15) is 62.2 Å². The van der Waals surface area contributed by atoms with Crippen molar-refractivity contribution in [3.05, 3.63) is 129 Å². The van der Waals surface area contributed by atoms with E-state index < -0.39 is 23.4 Å². The van der Waals surface area contributed by atoms with Crippen LogP contribution in [0.4, 0.5) is 5.69 Å². The molecule has 41 heavy (non-hydrogen) atoms. The van der Waals surface area contributed by atoms with E-state index in [-0.39, 0.29) is 17.5 Å². The average Bonchev–Trinajstić information content (AvgIpc) is 3.69. The molecule has 5 nitrogen and oxygen atoms in total. The molecule has 1 amide bonds. The number of amides is 1. The Morgan fingerprint density at radius 3 is 2.44 bits per heavy atom. The number of ketones is 2. The monoisotopic (exact) mass is 558 g/mol. The van der Waals surface area contributed by atoms with Crippen molar-refractivity contribution >= 4 is 40.6 Å². The maximum atomic E-state index is 14.9. The SMILES string of the molecule is CC(C)Cc1ccc(C(=O)C2C(C(=O)c3cccs3)N3C=Cc4ccccc4C3C23C(=O)Nc2ccccc23)cc1. The lowest BCUT2D eigenvalue weighted by molar-refractivity contribution is -0.122. The Balaban J connectivity index is 1.48. The van der Waals surface area contributed by atoms with Gasteiger partial charge in [-0.3, -0.25) is 14.4 Å². The first kappa shape index (κ1) is 25.7. The third-order valence-electron chi connectivity index (χ3n) is 8.77. The summed E-state index contributed by atoms with van der Waals surface area (Å²) in [7, 11) is 0. The van der Waals surface area contributed by atoms with Crippen molar-refractivity contribution < 1.29 is 14.4 Å². The minimum atomic E-state index is -1.30. The van der Waals surface area contributed by atoms with Crippen LogP contribution in [0.3, 0.4) is 0 Å². The fourth-order valence-electron chi connectivity index (χ4n) is 7.19. The summed E-state index contributed by atoms with van der Waals surface area (Å²) in [5, 5.41) is 4.98. The summed E-state index contributed by atoms with van der Waals surface area (Å²) < 4.78 is 0. The van der Waals surface area contributed by atoms with Gasteiger partial charge in [0.2, 0.25) is 5.91 Å². The molecule has 204 valence electrons. The predicted molar refractivity (Wildman–Crippen MR) is 162 cm³/mol. The number of Topliss-reactive ketones (excluding diaryl/α,β-unsaturated/α-hetero) is 2. The third-order valence-corrected chi connectivity index (χ3v) is 9.65. The van der Waals surface area contributed by atoms with Crippen LogP contribution in [-0.2, 0) is 16.6 Å². The van der Waals surface area contributed by atoms with E-state index in [9.17, 15) is 14.4 Å². The maximum Gasteiger partial charge on any atom is 0.238 e. The van der Waals surface area contributed by atoms with Gasteiger partial charge in [0.25, 0.3) is 0 Å². The number of fused-ring (bicyclic) bond motifs is 6. The first-order valence-corrected chi connectivity index (χ1v) is 15.0. The zero-order chi connectivity index (χ0) is 28.3. The fraction of sp³-hybridized carbons (Fsp3) is 0.229. The highest BCUT2D eigenvalue weighted by Gasteiger charge is 2.70. The molecule has 4 unspecified atom stereocenters. The number of carbonyl (C=O) groups is 3. The van der Waals surface area contributed by atoms with Gasteiger partial charge >= 0.3 is 0 Å². The number of hydrogen-bond donors (Lipinski definition) is 1. The van der Waals surface area contributed by atoms with Gasteiger partial charge in [-0.1, -0.05) is 86.6 Å². The van der Waals surface area contributed by atoms with Gasteiger partial charge < -0.3 is 10.2 Å². The largest absolute Gasteiger partial charge is 0.358 e.